The van der Waals surface area contributed by atoms with Crippen molar-refractivity contribution in [2.45, 2.75) is 19.8 Å². The van der Waals surface area contributed by atoms with Crippen molar-refractivity contribution < 1.29 is 19.1 Å². The standard InChI is InChI=1S/C17H19N3O4S2/c1-2-24-16(23)12-10-26-17(18-12)19-14(21)11-5-3-7-20(9-11)15(22)13-6-4-8-25-13/h4,6,8,10-11H,2-3,5,7,9H2,1H3,(H,18,19,21)/t11-/m1/s1. The van der Waals surface area contributed by atoms with E-state index >= 15 is 0 Å². The monoisotopic (exact) mass is 393 g/mol. The first-order chi connectivity index (χ1) is 12.6. The number of anilines is 1. The lowest BCUT2D eigenvalue weighted by molar-refractivity contribution is -0.121. The first kappa shape index (κ1) is 18.5. The van der Waals surface area contributed by atoms with Crippen molar-refractivity contribution in [3.63, 3.8) is 0 Å². The molecule has 1 N–H and O–H groups in total. The normalized spacial score (nSPS) is 17.0. The zero-order valence-corrected chi connectivity index (χ0v) is 15.9. The summed E-state index contributed by atoms with van der Waals surface area (Å²) < 4.78 is 4.89. The summed E-state index contributed by atoms with van der Waals surface area (Å²) in [6.07, 6.45) is 1.50. The summed E-state index contributed by atoms with van der Waals surface area (Å²) in [6, 6.07) is 3.64. The molecule has 9 heteroatoms. The van der Waals surface area contributed by atoms with Crippen LogP contribution in [0.25, 0.3) is 0 Å². The molecule has 138 valence electrons. The summed E-state index contributed by atoms with van der Waals surface area (Å²) in [7, 11) is 0. The van der Waals surface area contributed by atoms with Crippen LogP contribution in [0, 0.1) is 5.92 Å². The highest BCUT2D eigenvalue weighted by atomic mass is 32.1. The van der Waals surface area contributed by atoms with Crippen LogP contribution in [0.5, 0.6) is 0 Å². The number of amides is 2. The summed E-state index contributed by atoms with van der Waals surface area (Å²) in [6.45, 7) is 3.04. The predicted molar refractivity (Wildman–Crippen MR) is 99.6 cm³/mol. The number of carbonyl (C=O) groups is 3. The molecule has 7 nitrogen and oxygen atoms in total. The van der Waals surface area contributed by atoms with Crippen LogP contribution >= 0.6 is 22.7 Å². The van der Waals surface area contributed by atoms with Gasteiger partial charge >= 0.3 is 5.97 Å². The lowest BCUT2D eigenvalue weighted by Crippen LogP contribution is -2.43. The number of esters is 1. The number of nitrogens with zero attached hydrogens (tertiary/aromatic N) is 2. The average Bonchev–Trinajstić information content (AvgIpc) is 3.33. The molecule has 1 atom stereocenters. The Labute approximate surface area is 159 Å². The van der Waals surface area contributed by atoms with Gasteiger partial charge in [-0.15, -0.1) is 22.7 Å². The van der Waals surface area contributed by atoms with Gasteiger partial charge in [0, 0.05) is 18.5 Å². The fourth-order valence-corrected chi connectivity index (χ4v) is 4.14. The number of aromatic nitrogens is 1. The highest BCUT2D eigenvalue weighted by molar-refractivity contribution is 7.14. The molecule has 1 aliphatic heterocycles. The van der Waals surface area contributed by atoms with Gasteiger partial charge in [0.15, 0.2) is 10.8 Å². The van der Waals surface area contributed by atoms with Gasteiger partial charge in [-0.05, 0) is 31.2 Å². The third kappa shape index (κ3) is 4.28. The van der Waals surface area contributed by atoms with E-state index in [1.54, 1.807) is 23.3 Å². The molecule has 3 heterocycles. The van der Waals surface area contributed by atoms with Crippen molar-refractivity contribution >= 4 is 45.6 Å². The molecule has 2 aromatic rings. The minimum Gasteiger partial charge on any atom is -0.461 e. The summed E-state index contributed by atoms with van der Waals surface area (Å²) >= 11 is 2.58. The number of hydrogen-bond donors (Lipinski definition) is 1. The van der Waals surface area contributed by atoms with Crippen molar-refractivity contribution in [1.82, 2.24) is 9.88 Å². The van der Waals surface area contributed by atoms with Gasteiger partial charge in [-0.2, -0.15) is 0 Å². The second-order valence-corrected chi connectivity index (χ2v) is 7.62. The van der Waals surface area contributed by atoms with Gasteiger partial charge in [-0.25, -0.2) is 9.78 Å². The SMILES string of the molecule is CCOC(=O)c1csc(NC(=O)[C@@H]2CCCN(C(=O)c3cccs3)C2)n1. The molecular formula is C17H19N3O4S2. The fraction of sp³-hybridized carbons (Fsp3) is 0.412. The van der Waals surface area contributed by atoms with Gasteiger partial charge in [-0.1, -0.05) is 6.07 Å². The smallest absolute Gasteiger partial charge is 0.357 e. The van der Waals surface area contributed by atoms with Crippen LogP contribution in [-0.2, 0) is 9.53 Å². The number of thiophene rings is 1. The van der Waals surface area contributed by atoms with E-state index in [1.807, 2.05) is 11.4 Å². The van der Waals surface area contributed by atoms with Crippen LogP contribution in [0.1, 0.15) is 39.9 Å². The lowest BCUT2D eigenvalue weighted by Gasteiger charge is -2.31. The van der Waals surface area contributed by atoms with Crippen molar-refractivity contribution in [2.24, 2.45) is 5.92 Å². The molecule has 1 fully saturated rings. The first-order valence-corrected chi connectivity index (χ1v) is 10.1. The van der Waals surface area contributed by atoms with E-state index in [9.17, 15) is 14.4 Å². The maximum Gasteiger partial charge on any atom is 0.357 e. The number of hydrogen-bond acceptors (Lipinski definition) is 7. The zero-order chi connectivity index (χ0) is 18.5. The highest BCUT2D eigenvalue weighted by Crippen LogP contribution is 2.23. The first-order valence-electron chi connectivity index (χ1n) is 8.34. The number of carbonyl (C=O) groups excluding carboxylic acids is 3. The van der Waals surface area contributed by atoms with Crippen LogP contribution in [0.3, 0.4) is 0 Å². The average molecular weight is 393 g/mol. The molecule has 1 aliphatic rings. The van der Waals surface area contributed by atoms with Gasteiger partial charge < -0.3 is 15.0 Å². The fourth-order valence-electron chi connectivity index (χ4n) is 2.77. The molecule has 3 rings (SSSR count). The number of ether oxygens (including phenoxy) is 1. The minimum absolute atomic E-state index is 0.0312. The summed E-state index contributed by atoms with van der Waals surface area (Å²) in [4.78, 5) is 43.1. The maximum atomic E-state index is 12.5. The predicted octanol–water partition coefficient (Wildman–Crippen LogP) is 2.87. The van der Waals surface area contributed by atoms with Gasteiger partial charge in [0.05, 0.1) is 17.4 Å². The minimum atomic E-state index is -0.505. The Bertz CT molecular complexity index is 788. The van der Waals surface area contributed by atoms with E-state index in [-0.39, 0.29) is 30.0 Å². The molecule has 0 spiro atoms. The molecule has 26 heavy (non-hydrogen) atoms. The van der Waals surface area contributed by atoms with Gasteiger partial charge in [-0.3, -0.25) is 9.59 Å². The van der Waals surface area contributed by atoms with Crippen molar-refractivity contribution in [3.8, 4) is 0 Å². The summed E-state index contributed by atoms with van der Waals surface area (Å²) in [5.74, 6) is -1.01. The number of likely N-dealkylation sites (tertiary alicyclic amines) is 1. The van der Waals surface area contributed by atoms with Gasteiger partial charge in [0.2, 0.25) is 5.91 Å². The molecule has 0 unspecified atom stereocenters. The highest BCUT2D eigenvalue weighted by Gasteiger charge is 2.29. The summed E-state index contributed by atoms with van der Waals surface area (Å²) in [5, 5.41) is 6.53. The van der Waals surface area contributed by atoms with E-state index in [0.29, 0.717) is 23.1 Å². The number of nitrogens with one attached hydrogen (secondary N) is 1. The maximum absolute atomic E-state index is 12.5. The van der Waals surface area contributed by atoms with Gasteiger partial charge in [0.1, 0.15) is 0 Å². The molecule has 0 saturated carbocycles. The Kier molecular flexibility index (Phi) is 6.00. The van der Waals surface area contributed by atoms with E-state index in [4.69, 9.17) is 4.74 Å². The zero-order valence-electron chi connectivity index (χ0n) is 14.3. The van der Waals surface area contributed by atoms with E-state index in [0.717, 1.165) is 12.8 Å². The van der Waals surface area contributed by atoms with E-state index < -0.39 is 5.97 Å². The van der Waals surface area contributed by atoms with Gasteiger partial charge in [0.25, 0.3) is 5.91 Å². The van der Waals surface area contributed by atoms with Crippen molar-refractivity contribution in [2.75, 3.05) is 25.0 Å². The lowest BCUT2D eigenvalue weighted by atomic mass is 9.97. The molecule has 2 amide bonds. The number of rotatable bonds is 5. The molecule has 0 aromatic carbocycles. The Morgan fingerprint density at radius 1 is 1.38 bits per heavy atom. The molecule has 2 aromatic heterocycles. The van der Waals surface area contributed by atoms with Crippen molar-refractivity contribution in [1.29, 1.82) is 0 Å². The second kappa shape index (κ2) is 8.41. The number of piperidine rings is 1. The van der Waals surface area contributed by atoms with E-state index in [2.05, 4.69) is 10.3 Å². The third-order valence-electron chi connectivity index (χ3n) is 4.03. The largest absolute Gasteiger partial charge is 0.461 e. The topological polar surface area (TPSA) is 88.6 Å². The Morgan fingerprint density at radius 3 is 2.96 bits per heavy atom. The van der Waals surface area contributed by atoms with Crippen LogP contribution in [0.4, 0.5) is 5.13 Å². The van der Waals surface area contributed by atoms with Crippen molar-refractivity contribution in [3.05, 3.63) is 33.5 Å². The molecule has 0 bridgehead atoms. The van der Waals surface area contributed by atoms with Crippen LogP contribution in [0.15, 0.2) is 22.9 Å². The van der Waals surface area contributed by atoms with E-state index in [1.165, 1.54) is 22.7 Å². The summed E-state index contributed by atoms with van der Waals surface area (Å²) in [5.41, 5.74) is 0.185. The molecular weight excluding hydrogens is 374 g/mol. The molecule has 1 saturated heterocycles. The van der Waals surface area contributed by atoms with Crippen LogP contribution in [0.2, 0.25) is 0 Å². The van der Waals surface area contributed by atoms with Crippen LogP contribution < -0.4 is 5.32 Å². The molecule has 0 aliphatic carbocycles. The Balaban J connectivity index is 1.59. The Hall–Kier alpha value is -2.26. The molecule has 0 radical (unpaired) electrons. The Morgan fingerprint density at radius 2 is 2.23 bits per heavy atom. The quantitative estimate of drug-likeness (QED) is 0.789. The van der Waals surface area contributed by atoms with Crippen LogP contribution in [-0.4, -0.2) is 47.4 Å². The second-order valence-electron chi connectivity index (χ2n) is 5.82. The third-order valence-corrected chi connectivity index (χ3v) is 5.65. The number of thiazole rings is 1.